The topological polar surface area (TPSA) is 0 Å². The van der Waals surface area contributed by atoms with Crippen molar-refractivity contribution >= 4 is 15.9 Å². The number of halogens is 1. The Morgan fingerprint density at radius 2 is 2.38 bits per heavy atom. The fourth-order valence-electron chi connectivity index (χ4n) is 0.407. The van der Waals surface area contributed by atoms with Crippen LogP contribution in [0, 0.1) is 18.3 Å². The van der Waals surface area contributed by atoms with Gasteiger partial charge in [0, 0.05) is 11.8 Å². The van der Waals surface area contributed by atoms with Crippen LogP contribution < -0.4 is 0 Å². The number of hydrogen-bond donors (Lipinski definition) is 0. The standard InChI is InChI=1S/C7H11Br/c1-3-4-5-7(2)6-8/h1,7H,4-6H2,2H3. The molecule has 0 aromatic carbocycles. The van der Waals surface area contributed by atoms with Crippen LogP contribution in [-0.4, -0.2) is 5.33 Å². The van der Waals surface area contributed by atoms with E-state index in [9.17, 15) is 0 Å². The van der Waals surface area contributed by atoms with Gasteiger partial charge in [-0.2, -0.15) is 0 Å². The summed E-state index contributed by atoms with van der Waals surface area (Å²) in [5.41, 5.74) is 0. The molecule has 46 valence electrons. The Kier molecular flexibility index (Phi) is 5.21. The molecule has 1 unspecified atom stereocenters. The molecule has 0 N–H and O–H groups in total. The third kappa shape index (κ3) is 4.21. The molecule has 0 fully saturated rings. The Morgan fingerprint density at radius 1 is 1.75 bits per heavy atom. The van der Waals surface area contributed by atoms with Crippen molar-refractivity contribution in [1.29, 1.82) is 0 Å². The van der Waals surface area contributed by atoms with Gasteiger partial charge in [-0.15, -0.1) is 12.3 Å². The Bertz CT molecular complexity index is 80.9. The van der Waals surface area contributed by atoms with Crippen LogP contribution in [0.5, 0.6) is 0 Å². The van der Waals surface area contributed by atoms with Gasteiger partial charge in [0.15, 0.2) is 0 Å². The first kappa shape index (κ1) is 8.04. The highest BCUT2D eigenvalue weighted by molar-refractivity contribution is 9.09. The van der Waals surface area contributed by atoms with E-state index in [1.807, 2.05) is 0 Å². The Morgan fingerprint density at radius 3 is 2.75 bits per heavy atom. The van der Waals surface area contributed by atoms with Crippen molar-refractivity contribution < 1.29 is 0 Å². The predicted octanol–water partition coefficient (Wildman–Crippen LogP) is 2.43. The van der Waals surface area contributed by atoms with Crippen LogP contribution in [0.25, 0.3) is 0 Å². The molecule has 0 aliphatic carbocycles. The highest BCUT2D eigenvalue weighted by Crippen LogP contribution is 2.06. The molecule has 0 spiro atoms. The summed E-state index contributed by atoms with van der Waals surface area (Å²) in [5, 5.41) is 1.06. The van der Waals surface area contributed by atoms with Gasteiger partial charge in [-0.3, -0.25) is 0 Å². The lowest BCUT2D eigenvalue weighted by Crippen LogP contribution is -1.93. The van der Waals surface area contributed by atoms with Crippen molar-refractivity contribution in [1.82, 2.24) is 0 Å². The number of terminal acetylenes is 1. The second-order valence-electron chi connectivity index (χ2n) is 2.00. The average molecular weight is 175 g/mol. The zero-order chi connectivity index (χ0) is 6.41. The summed E-state index contributed by atoms with van der Waals surface area (Å²) in [6.45, 7) is 2.19. The van der Waals surface area contributed by atoms with E-state index in [1.54, 1.807) is 0 Å². The predicted molar refractivity (Wildman–Crippen MR) is 41.0 cm³/mol. The van der Waals surface area contributed by atoms with Crippen LogP contribution in [0.2, 0.25) is 0 Å². The summed E-state index contributed by atoms with van der Waals surface area (Å²) < 4.78 is 0. The van der Waals surface area contributed by atoms with Crippen LogP contribution in [0.4, 0.5) is 0 Å². The maximum Gasteiger partial charge on any atom is 0.00888 e. The van der Waals surface area contributed by atoms with Gasteiger partial charge in [-0.05, 0) is 12.3 Å². The Hall–Kier alpha value is 0.0400. The van der Waals surface area contributed by atoms with Crippen molar-refractivity contribution in [2.45, 2.75) is 19.8 Å². The molecule has 0 saturated carbocycles. The van der Waals surface area contributed by atoms with Crippen molar-refractivity contribution in [3.8, 4) is 12.3 Å². The first-order valence-electron chi connectivity index (χ1n) is 2.80. The van der Waals surface area contributed by atoms with Gasteiger partial charge in [-0.25, -0.2) is 0 Å². The molecule has 0 bridgehead atoms. The number of rotatable bonds is 3. The summed E-state index contributed by atoms with van der Waals surface area (Å²) in [6, 6.07) is 0. The van der Waals surface area contributed by atoms with Crippen LogP contribution in [0.1, 0.15) is 19.8 Å². The summed E-state index contributed by atoms with van der Waals surface area (Å²) in [5.74, 6) is 3.34. The molecule has 0 heterocycles. The average Bonchev–Trinajstić information content (AvgIpc) is 1.83. The minimum Gasteiger partial charge on any atom is -0.120 e. The van der Waals surface area contributed by atoms with Gasteiger partial charge in [0.25, 0.3) is 0 Å². The van der Waals surface area contributed by atoms with Crippen LogP contribution in [0.3, 0.4) is 0 Å². The van der Waals surface area contributed by atoms with E-state index in [0.717, 1.165) is 24.1 Å². The minimum absolute atomic E-state index is 0.728. The quantitative estimate of drug-likeness (QED) is 0.456. The zero-order valence-corrected chi connectivity index (χ0v) is 6.74. The normalized spacial score (nSPS) is 12.6. The SMILES string of the molecule is C#CCCC(C)CBr. The molecule has 0 aromatic rings. The molecule has 0 aromatic heterocycles. The molecule has 0 amide bonds. The zero-order valence-electron chi connectivity index (χ0n) is 5.15. The summed E-state index contributed by atoms with van der Waals surface area (Å²) in [4.78, 5) is 0. The molecule has 0 radical (unpaired) electrons. The van der Waals surface area contributed by atoms with Gasteiger partial charge < -0.3 is 0 Å². The molecule has 8 heavy (non-hydrogen) atoms. The monoisotopic (exact) mass is 174 g/mol. The van der Waals surface area contributed by atoms with E-state index in [0.29, 0.717) is 0 Å². The first-order chi connectivity index (χ1) is 3.81. The van der Waals surface area contributed by atoms with E-state index in [1.165, 1.54) is 0 Å². The molecular formula is C7H11Br. The Labute approximate surface area is 59.8 Å². The van der Waals surface area contributed by atoms with Crippen LogP contribution in [-0.2, 0) is 0 Å². The Balaban J connectivity index is 3.01. The summed E-state index contributed by atoms with van der Waals surface area (Å²) in [7, 11) is 0. The lowest BCUT2D eigenvalue weighted by Gasteiger charge is -2.01. The van der Waals surface area contributed by atoms with Crippen LogP contribution in [0.15, 0.2) is 0 Å². The maximum absolute atomic E-state index is 5.07. The third-order valence-corrected chi connectivity index (χ3v) is 2.15. The minimum atomic E-state index is 0.728. The fraction of sp³-hybridized carbons (Fsp3) is 0.714. The molecule has 0 saturated heterocycles. The van der Waals surface area contributed by atoms with Gasteiger partial charge in [0.05, 0.1) is 0 Å². The van der Waals surface area contributed by atoms with E-state index in [4.69, 9.17) is 6.42 Å². The highest BCUT2D eigenvalue weighted by atomic mass is 79.9. The van der Waals surface area contributed by atoms with E-state index >= 15 is 0 Å². The summed E-state index contributed by atoms with van der Waals surface area (Å²) in [6.07, 6.45) is 7.12. The molecule has 0 rings (SSSR count). The fourth-order valence-corrected chi connectivity index (χ4v) is 0.731. The third-order valence-electron chi connectivity index (χ3n) is 1.04. The maximum atomic E-state index is 5.07. The smallest absolute Gasteiger partial charge is 0.00888 e. The lowest BCUT2D eigenvalue weighted by molar-refractivity contribution is 0.614. The van der Waals surface area contributed by atoms with Gasteiger partial charge in [-0.1, -0.05) is 22.9 Å². The van der Waals surface area contributed by atoms with Crippen molar-refractivity contribution in [2.24, 2.45) is 5.92 Å². The lowest BCUT2D eigenvalue weighted by atomic mass is 10.1. The summed E-state index contributed by atoms with van der Waals surface area (Å²) >= 11 is 3.38. The molecular weight excluding hydrogens is 164 g/mol. The van der Waals surface area contributed by atoms with Crippen molar-refractivity contribution in [3.05, 3.63) is 0 Å². The largest absolute Gasteiger partial charge is 0.120 e. The van der Waals surface area contributed by atoms with E-state index in [-0.39, 0.29) is 0 Å². The highest BCUT2D eigenvalue weighted by Gasteiger charge is 1.95. The van der Waals surface area contributed by atoms with E-state index in [2.05, 4.69) is 28.8 Å². The molecule has 0 aliphatic heterocycles. The van der Waals surface area contributed by atoms with Gasteiger partial charge in [0.2, 0.25) is 0 Å². The molecule has 0 nitrogen and oxygen atoms in total. The van der Waals surface area contributed by atoms with Gasteiger partial charge in [0.1, 0.15) is 0 Å². The second-order valence-corrected chi connectivity index (χ2v) is 2.65. The molecule has 1 heteroatoms. The molecule has 1 atom stereocenters. The van der Waals surface area contributed by atoms with E-state index < -0.39 is 0 Å². The van der Waals surface area contributed by atoms with Crippen LogP contribution >= 0.6 is 15.9 Å². The van der Waals surface area contributed by atoms with Crippen molar-refractivity contribution in [2.75, 3.05) is 5.33 Å². The first-order valence-corrected chi connectivity index (χ1v) is 3.92. The number of alkyl halides is 1. The number of hydrogen-bond acceptors (Lipinski definition) is 0. The van der Waals surface area contributed by atoms with Crippen molar-refractivity contribution in [3.63, 3.8) is 0 Å². The second kappa shape index (κ2) is 5.18. The molecule has 0 aliphatic rings. The van der Waals surface area contributed by atoms with Gasteiger partial charge >= 0.3 is 0 Å².